The van der Waals surface area contributed by atoms with Crippen LogP contribution in [0.15, 0.2) is 103 Å². The van der Waals surface area contributed by atoms with Crippen LogP contribution >= 0.6 is 7.92 Å². The topological polar surface area (TPSA) is 0 Å². The van der Waals surface area contributed by atoms with Gasteiger partial charge in [0.25, 0.3) is 0 Å². The Morgan fingerprint density at radius 2 is 1.03 bits per heavy atom. The van der Waals surface area contributed by atoms with Crippen molar-refractivity contribution >= 4 is 29.5 Å². The minimum Gasteiger partial charge on any atom is -0.0897 e. The standard InChI is InChI=1S/C32H29P/c1-22(2)32(25-12-4-3-5-13-25)33-20-26-18-16-23-10-6-8-14-28(23)30(26)31-27(21-33)19-17-24-11-7-9-15-29(24)31/h3-19,22,32H,20-21H2,1-2H3. The molecule has 6 rings (SSSR count). The van der Waals surface area contributed by atoms with Crippen LogP contribution in [0.2, 0.25) is 0 Å². The highest BCUT2D eigenvalue weighted by atomic mass is 31.1. The fraction of sp³-hybridized carbons (Fsp3) is 0.188. The molecule has 1 heterocycles. The summed E-state index contributed by atoms with van der Waals surface area (Å²) in [6.07, 6.45) is 2.35. The first-order valence-electron chi connectivity index (χ1n) is 12.0. The lowest BCUT2D eigenvalue weighted by Crippen LogP contribution is -2.07. The summed E-state index contributed by atoms with van der Waals surface area (Å²) in [7, 11) is -0.261. The lowest BCUT2D eigenvalue weighted by molar-refractivity contribution is 0.621. The molecule has 0 bridgehead atoms. The summed E-state index contributed by atoms with van der Waals surface area (Å²) in [6.45, 7) is 4.82. The zero-order valence-electron chi connectivity index (χ0n) is 19.3. The van der Waals surface area contributed by atoms with Gasteiger partial charge in [-0.3, -0.25) is 0 Å². The van der Waals surface area contributed by atoms with Gasteiger partial charge in [-0.25, -0.2) is 0 Å². The third-order valence-corrected chi connectivity index (χ3v) is 10.4. The molecule has 0 nitrogen and oxygen atoms in total. The molecular weight excluding hydrogens is 415 g/mol. The smallest absolute Gasteiger partial charge is 0.00707 e. The average Bonchev–Trinajstić information content (AvgIpc) is 3.01. The zero-order valence-corrected chi connectivity index (χ0v) is 20.2. The van der Waals surface area contributed by atoms with Crippen LogP contribution in [0.25, 0.3) is 32.7 Å². The van der Waals surface area contributed by atoms with Crippen LogP contribution in [0.4, 0.5) is 0 Å². The second-order valence-corrected chi connectivity index (χ2v) is 12.0. The van der Waals surface area contributed by atoms with Crippen LogP contribution in [0, 0.1) is 5.92 Å². The van der Waals surface area contributed by atoms with Gasteiger partial charge in [-0.05, 0) is 67.6 Å². The maximum absolute atomic E-state index is 2.42. The third kappa shape index (κ3) is 3.58. The largest absolute Gasteiger partial charge is 0.0897 e. The van der Waals surface area contributed by atoms with Crippen molar-refractivity contribution in [2.24, 2.45) is 5.92 Å². The molecule has 1 aliphatic rings. The number of hydrogen-bond acceptors (Lipinski definition) is 0. The van der Waals surface area contributed by atoms with Crippen LogP contribution in [0.5, 0.6) is 0 Å². The molecule has 0 radical (unpaired) electrons. The molecule has 0 spiro atoms. The van der Waals surface area contributed by atoms with E-state index in [0.29, 0.717) is 11.6 Å². The highest BCUT2D eigenvalue weighted by Gasteiger charge is 2.31. The van der Waals surface area contributed by atoms with E-state index in [1.807, 2.05) is 0 Å². The summed E-state index contributed by atoms with van der Waals surface area (Å²) in [5.74, 6) is 0.615. The Balaban J connectivity index is 1.64. The first-order chi connectivity index (χ1) is 16.2. The summed E-state index contributed by atoms with van der Waals surface area (Å²) < 4.78 is 0. The van der Waals surface area contributed by atoms with Gasteiger partial charge in [0.05, 0.1) is 0 Å². The first-order valence-corrected chi connectivity index (χ1v) is 13.8. The molecule has 0 aliphatic carbocycles. The van der Waals surface area contributed by atoms with E-state index >= 15 is 0 Å². The van der Waals surface area contributed by atoms with E-state index in [4.69, 9.17) is 0 Å². The maximum Gasteiger partial charge on any atom is 0.00707 e. The van der Waals surface area contributed by atoms with Crippen molar-refractivity contribution in [2.75, 3.05) is 0 Å². The quantitative estimate of drug-likeness (QED) is 0.243. The van der Waals surface area contributed by atoms with E-state index in [9.17, 15) is 0 Å². The second kappa shape index (κ2) is 8.44. The van der Waals surface area contributed by atoms with E-state index in [0.717, 1.165) is 0 Å². The van der Waals surface area contributed by atoms with Crippen LogP contribution in [-0.4, -0.2) is 0 Å². The molecule has 1 heteroatoms. The van der Waals surface area contributed by atoms with Crippen molar-refractivity contribution in [3.63, 3.8) is 0 Å². The van der Waals surface area contributed by atoms with Gasteiger partial charge in [-0.2, -0.15) is 0 Å². The summed E-state index contributed by atoms with van der Waals surface area (Å²) in [4.78, 5) is 0. The monoisotopic (exact) mass is 444 g/mol. The molecule has 0 fully saturated rings. The number of hydrogen-bond donors (Lipinski definition) is 0. The lowest BCUT2D eigenvalue weighted by Gasteiger charge is -2.31. The summed E-state index contributed by atoms with van der Waals surface area (Å²) in [5, 5.41) is 5.46. The Kier molecular flexibility index (Phi) is 5.28. The van der Waals surface area contributed by atoms with Gasteiger partial charge in [0, 0.05) is 5.66 Å². The maximum atomic E-state index is 2.42. The van der Waals surface area contributed by atoms with Crippen LogP contribution in [0.1, 0.15) is 36.2 Å². The highest BCUT2D eigenvalue weighted by molar-refractivity contribution is 7.56. The van der Waals surface area contributed by atoms with Gasteiger partial charge in [0.1, 0.15) is 0 Å². The second-order valence-electron chi connectivity index (χ2n) is 9.65. The summed E-state index contributed by atoms with van der Waals surface area (Å²) in [5.41, 5.74) is 8.09. The molecule has 0 N–H and O–H groups in total. The number of rotatable bonds is 3. The Morgan fingerprint density at radius 3 is 1.55 bits per heavy atom. The Bertz CT molecular complexity index is 1360. The molecular formula is C32H29P. The molecule has 0 saturated carbocycles. The molecule has 5 aromatic carbocycles. The summed E-state index contributed by atoms with van der Waals surface area (Å²) in [6, 6.07) is 38.7. The van der Waals surface area contributed by atoms with Gasteiger partial charge in [0.2, 0.25) is 0 Å². The van der Waals surface area contributed by atoms with E-state index in [2.05, 4.69) is 117 Å². The zero-order chi connectivity index (χ0) is 22.4. The van der Waals surface area contributed by atoms with Crippen molar-refractivity contribution in [2.45, 2.75) is 31.8 Å². The molecule has 5 aromatic rings. The van der Waals surface area contributed by atoms with E-state index in [-0.39, 0.29) is 7.92 Å². The van der Waals surface area contributed by atoms with Gasteiger partial charge in [-0.15, -0.1) is 0 Å². The minimum atomic E-state index is -0.261. The molecule has 1 aliphatic heterocycles. The van der Waals surface area contributed by atoms with Gasteiger partial charge in [0.15, 0.2) is 0 Å². The van der Waals surface area contributed by atoms with Crippen molar-refractivity contribution in [3.8, 4) is 11.1 Å². The van der Waals surface area contributed by atoms with Crippen LogP contribution in [0.3, 0.4) is 0 Å². The Morgan fingerprint density at radius 1 is 0.545 bits per heavy atom. The summed E-state index contributed by atoms with van der Waals surface area (Å²) >= 11 is 0. The number of fused-ring (bicyclic) bond motifs is 7. The predicted molar refractivity (Wildman–Crippen MR) is 145 cm³/mol. The van der Waals surface area contributed by atoms with E-state index in [1.54, 1.807) is 0 Å². The average molecular weight is 445 g/mol. The first kappa shape index (κ1) is 20.6. The van der Waals surface area contributed by atoms with E-state index in [1.165, 1.54) is 61.7 Å². The molecule has 0 amide bonds. The van der Waals surface area contributed by atoms with Gasteiger partial charge in [-0.1, -0.05) is 125 Å². The molecule has 1 unspecified atom stereocenters. The van der Waals surface area contributed by atoms with Crippen molar-refractivity contribution in [1.29, 1.82) is 0 Å². The molecule has 0 saturated heterocycles. The molecule has 162 valence electrons. The molecule has 0 aromatic heterocycles. The SMILES string of the molecule is CC(C)C(c1ccccc1)P1Cc2ccc3ccccc3c2-c2c(ccc3ccccc23)C1. The Hall–Kier alpha value is -2.95. The molecule has 1 atom stereocenters. The Labute approximate surface area is 198 Å². The predicted octanol–water partition coefficient (Wildman–Crippen LogP) is 9.55. The van der Waals surface area contributed by atoms with Crippen LogP contribution in [-0.2, 0) is 12.3 Å². The van der Waals surface area contributed by atoms with Crippen LogP contribution < -0.4 is 0 Å². The fourth-order valence-electron chi connectivity index (χ4n) is 5.85. The van der Waals surface area contributed by atoms with Crippen molar-refractivity contribution in [1.82, 2.24) is 0 Å². The minimum absolute atomic E-state index is 0.261. The van der Waals surface area contributed by atoms with Gasteiger partial charge >= 0.3 is 0 Å². The van der Waals surface area contributed by atoms with E-state index < -0.39 is 0 Å². The normalized spacial score (nSPS) is 14.8. The number of benzene rings is 5. The fourth-order valence-corrected chi connectivity index (χ4v) is 9.19. The van der Waals surface area contributed by atoms with Crippen molar-refractivity contribution < 1.29 is 0 Å². The highest BCUT2D eigenvalue weighted by Crippen LogP contribution is 2.62. The lowest BCUT2D eigenvalue weighted by atomic mass is 9.88. The van der Waals surface area contributed by atoms with Crippen molar-refractivity contribution in [3.05, 3.63) is 120 Å². The van der Waals surface area contributed by atoms with Gasteiger partial charge < -0.3 is 0 Å². The molecule has 33 heavy (non-hydrogen) atoms. The third-order valence-electron chi connectivity index (χ3n) is 7.19.